The molecule has 4 rings (SSSR count). The number of ether oxygens (including phenoxy) is 1. The summed E-state index contributed by atoms with van der Waals surface area (Å²) < 4.78 is 11.8. The molecule has 2 N–H and O–H groups in total. The summed E-state index contributed by atoms with van der Waals surface area (Å²) in [7, 11) is 0. The van der Waals surface area contributed by atoms with Crippen molar-refractivity contribution >= 4 is 41.0 Å². The van der Waals surface area contributed by atoms with Crippen molar-refractivity contribution in [2.24, 2.45) is 0 Å². The summed E-state index contributed by atoms with van der Waals surface area (Å²) in [6.45, 7) is 5.67. The van der Waals surface area contributed by atoms with Crippen LogP contribution >= 0.6 is 23.9 Å². The highest BCUT2D eigenvalue weighted by Crippen LogP contribution is 2.45. The Hall–Kier alpha value is -1.70. The van der Waals surface area contributed by atoms with Crippen molar-refractivity contribution in [3.63, 3.8) is 0 Å². The molecule has 0 radical (unpaired) electrons. The highest BCUT2D eigenvalue weighted by atomic mass is 32.2. The molecule has 0 amide bonds. The number of para-hydroxylation sites is 2. The van der Waals surface area contributed by atoms with Crippen LogP contribution in [0.2, 0.25) is 0 Å². The quantitative estimate of drug-likeness (QED) is 0.757. The van der Waals surface area contributed by atoms with Gasteiger partial charge in [-0.15, -0.1) is 0 Å². The van der Waals surface area contributed by atoms with Gasteiger partial charge in [-0.2, -0.15) is 0 Å². The van der Waals surface area contributed by atoms with Crippen LogP contribution in [0, 0.1) is 0 Å². The maximum Gasteiger partial charge on any atom is 0.166 e. The summed E-state index contributed by atoms with van der Waals surface area (Å²) >= 11 is 3.39. The minimum absolute atomic E-state index is 0.710. The molecule has 0 atom stereocenters. The van der Waals surface area contributed by atoms with Crippen molar-refractivity contribution < 1.29 is 4.74 Å². The smallest absolute Gasteiger partial charge is 0.166 e. The third-order valence-corrected chi connectivity index (χ3v) is 6.12. The largest absolute Gasteiger partial charge is 0.487 e. The van der Waals surface area contributed by atoms with Gasteiger partial charge in [0.15, 0.2) is 5.75 Å². The third kappa shape index (κ3) is 3.70. The van der Waals surface area contributed by atoms with Crippen LogP contribution < -0.4 is 24.0 Å². The molecule has 0 unspecified atom stereocenters. The number of rotatable bonds is 5. The van der Waals surface area contributed by atoms with E-state index in [0.29, 0.717) is 6.61 Å². The van der Waals surface area contributed by atoms with Crippen LogP contribution in [0.4, 0.5) is 17.1 Å². The van der Waals surface area contributed by atoms with E-state index in [4.69, 9.17) is 4.74 Å². The number of piperazine rings is 1. The first kappa shape index (κ1) is 17.7. The summed E-state index contributed by atoms with van der Waals surface area (Å²) in [4.78, 5) is 3.65. The first-order chi connectivity index (χ1) is 12.9. The average molecular weight is 389 g/mol. The Morgan fingerprint density at radius 1 is 1.00 bits per heavy atom. The predicted octanol–water partition coefficient (Wildman–Crippen LogP) is 3.69. The molecule has 0 spiro atoms. The molecular formula is C19H24N4OS2. The van der Waals surface area contributed by atoms with Crippen molar-refractivity contribution in [2.75, 3.05) is 59.5 Å². The summed E-state index contributed by atoms with van der Waals surface area (Å²) in [6, 6.07) is 14.9. The minimum Gasteiger partial charge on any atom is -0.487 e. The van der Waals surface area contributed by atoms with Gasteiger partial charge in [0.2, 0.25) is 0 Å². The molecule has 0 aromatic heterocycles. The van der Waals surface area contributed by atoms with Crippen molar-refractivity contribution in [1.82, 2.24) is 5.32 Å². The molecule has 2 aromatic carbocycles. The Labute approximate surface area is 163 Å². The van der Waals surface area contributed by atoms with Gasteiger partial charge in [-0.1, -0.05) is 30.1 Å². The van der Waals surface area contributed by atoms with Gasteiger partial charge in [0.25, 0.3) is 0 Å². The molecule has 2 aromatic rings. The van der Waals surface area contributed by atoms with E-state index in [1.165, 1.54) is 10.6 Å². The topological polar surface area (TPSA) is 39.8 Å². The number of nitrogens with one attached hydrogen (secondary N) is 2. The molecule has 7 heteroatoms. The van der Waals surface area contributed by atoms with Gasteiger partial charge in [-0.25, -0.2) is 0 Å². The normalized spacial score (nSPS) is 16.8. The third-order valence-electron chi connectivity index (χ3n) is 4.55. The van der Waals surface area contributed by atoms with E-state index >= 15 is 0 Å². The molecule has 0 aliphatic carbocycles. The van der Waals surface area contributed by atoms with Gasteiger partial charge in [0.05, 0.1) is 28.5 Å². The highest BCUT2D eigenvalue weighted by Gasteiger charge is 2.25. The van der Waals surface area contributed by atoms with Crippen LogP contribution in [-0.2, 0) is 0 Å². The van der Waals surface area contributed by atoms with Gasteiger partial charge >= 0.3 is 0 Å². The summed E-state index contributed by atoms with van der Waals surface area (Å²) in [5, 5.41) is 3.42. The molecule has 138 valence electrons. The maximum atomic E-state index is 6.12. The zero-order valence-electron chi connectivity index (χ0n) is 14.9. The Morgan fingerprint density at radius 3 is 2.65 bits per heavy atom. The fourth-order valence-electron chi connectivity index (χ4n) is 3.32. The molecule has 0 bridgehead atoms. The minimum atomic E-state index is 0.710. The van der Waals surface area contributed by atoms with Crippen LogP contribution in [0.15, 0.2) is 47.4 Å². The molecule has 0 saturated carbocycles. The van der Waals surface area contributed by atoms with E-state index in [1.807, 2.05) is 6.26 Å². The summed E-state index contributed by atoms with van der Waals surface area (Å²) in [6.07, 6.45) is 2.05. The molecular weight excluding hydrogens is 364 g/mol. The van der Waals surface area contributed by atoms with Gasteiger partial charge in [0.1, 0.15) is 6.61 Å². The molecule has 2 aliphatic rings. The van der Waals surface area contributed by atoms with E-state index in [9.17, 15) is 0 Å². The van der Waals surface area contributed by atoms with Crippen LogP contribution in [0.5, 0.6) is 5.75 Å². The molecule has 26 heavy (non-hydrogen) atoms. The SMILES string of the molecule is CSNc1ccccc1SN1CCOc2c(N3CCNCC3)cccc21. The fourth-order valence-corrected chi connectivity index (χ4v) is 4.78. The van der Waals surface area contributed by atoms with E-state index in [1.54, 1.807) is 23.9 Å². The monoisotopic (exact) mass is 388 g/mol. The van der Waals surface area contributed by atoms with Crippen molar-refractivity contribution in [3.8, 4) is 5.75 Å². The van der Waals surface area contributed by atoms with Crippen molar-refractivity contribution in [2.45, 2.75) is 4.90 Å². The standard InChI is InChI=1S/C19H24N4OS2/c1-25-21-15-5-2-3-8-18(15)26-23-13-14-24-19-16(6-4-7-17(19)23)22-11-9-20-10-12-22/h2-8,20-21H,9-14H2,1H3. The van der Waals surface area contributed by atoms with Crippen LogP contribution in [0.25, 0.3) is 0 Å². The van der Waals surface area contributed by atoms with Gasteiger partial charge in [-0.3, -0.25) is 0 Å². The van der Waals surface area contributed by atoms with E-state index < -0.39 is 0 Å². The Kier molecular flexibility index (Phi) is 5.67. The Morgan fingerprint density at radius 2 is 1.81 bits per heavy atom. The van der Waals surface area contributed by atoms with E-state index in [-0.39, 0.29) is 0 Å². The fraction of sp³-hybridized carbons (Fsp3) is 0.368. The number of benzene rings is 2. The second-order valence-corrected chi connectivity index (χ2v) is 7.88. The average Bonchev–Trinajstić information content (AvgIpc) is 2.70. The maximum absolute atomic E-state index is 6.12. The molecule has 1 saturated heterocycles. The first-order valence-corrected chi connectivity index (χ1v) is 10.9. The molecule has 1 fully saturated rings. The number of hydrogen-bond donors (Lipinski definition) is 2. The van der Waals surface area contributed by atoms with Gasteiger partial charge in [0, 0.05) is 32.4 Å². The first-order valence-electron chi connectivity index (χ1n) is 8.92. The second-order valence-electron chi connectivity index (χ2n) is 6.21. The number of anilines is 3. The van der Waals surface area contributed by atoms with E-state index in [2.05, 4.69) is 61.7 Å². The van der Waals surface area contributed by atoms with Crippen molar-refractivity contribution in [3.05, 3.63) is 42.5 Å². The summed E-state index contributed by atoms with van der Waals surface area (Å²) in [5.74, 6) is 1.02. The lowest BCUT2D eigenvalue weighted by Crippen LogP contribution is -2.44. The van der Waals surface area contributed by atoms with Crippen LogP contribution in [0.1, 0.15) is 0 Å². The molecule has 2 aliphatic heterocycles. The van der Waals surface area contributed by atoms with Crippen LogP contribution in [0.3, 0.4) is 0 Å². The predicted molar refractivity (Wildman–Crippen MR) is 114 cm³/mol. The number of fused-ring (bicyclic) bond motifs is 1. The zero-order chi connectivity index (χ0) is 17.8. The molecule has 2 heterocycles. The van der Waals surface area contributed by atoms with Gasteiger partial charge < -0.3 is 24.0 Å². The Balaban J connectivity index is 1.62. The van der Waals surface area contributed by atoms with Gasteiger partial charge in [-0.05, 0) is 36.2 Å². The summed E-state index contributed by atoms with van der Waals surface area (Å²) in [5.41, 5.74) is 3.53. The Bertz CT molecular complexity index is 752. The highest BCUT2D eigenvalue weighted by molar-refractivity contribution is 8.01. The number of nitrogens with zero attached hydrogens (tertiary/aromatic N) is 2. The van der Waals surface area contributed by atoms with Crippen molar-refractivity contribution in [1.29, 1.82) is 0 Å². The molecule has 5 nitrogen and oxygen atoms in total. The zero-order valence-corrected chi connectivity index (χ0v) is 16.5. The van der Waals surface area contributed by atoms with E-state index in [0.717, 1.165) is 49.8 Å². The second kappa shape index (κ2) is 8.33. The van der Waals surface area contributed by atoms with Crippen LogP contribution in [-0.4, -0.2) is 45.6 Å². The number of hydrogen-bond acceptors (Lipinski definition) is 7. The lowest BCUT2D eigenvalue weighted by Gasteiger charge is -2.36. The lowest BCUT2D eigenvalue weighted by atomic mass is 10.2. The lowest BCUT2D eigenvalue weighted by molar-refractivity contribution is 0.317.